The van der Waals surface area contributed by atoms with Gasteiger partial charge in [0.05, 0.1) is 0 Å². The van der Waals surface area contributed by atoms with Crippen molar-refractivity contribution in [2.45, 2.75) is 18.9 Å². The first-order valence-corrected chi connectivity index (χ1v) is 10.6. The lowest BCUT2D eigenvalue weighted by molar-refractivity contribution is -0.685. The molecule has 2 aromatic heterocycles. The zero-order valence-corrected chi connectivity index (χ0v) is 18.1. The second-order valence-corrected chi connectivity index (χ2v) is 8.14. The molecule has 0 bridgehead atoms. The van der Waals surface area contributed by atoms with Crippen LogP contribution in [-0.2, 0) is 23.8 Å². The fourth-order valence-electron chi connectivity index (χ4n) is 4.66. The number of para-hydroxylation sites is 1. The number of fused-ring (bicyclic) bond motifs is 3. The van der Waals surface area contributed by atoms with E-state index in [0.29, 0.717) is 6.42 Å². The van der Waals surface area contributed by atoms with E-state index in [0.717, 1.165) is 33.2 Å². The first kappa shape index (κ1) is 19.5. The van der Waals surface area contributed by atoms with Gasteiger partial charge >= 0.3 is 0 Å². The van der Waals surface area contributed by atoms with Crippen LogP contribution in [0.1, 0.15) is 22.4 Å². The summed E-state index contributed by atoms with van der Waals surface area (Å²) in [5.41, 5.74) is 5.92. The van der Waals surface area contributed by atoms with Crippen LogP contribution >= 0.6 is 0 Å². The molecule has 5 rings (SSSR count). The van der Waals surface area contributed by atoms with E-state index in [9.17, 15) is 0 Å². The molecule has 3 aromatic carbocycles. The summed E-state index contributed by atoms with van der Waals surface area (Å²) < 4.78 is 14.6. The third-order valence-corrected chi connectivity index (χ3v) is 6.33. The molecule has 0 N–H and O–H groups in total. The summed E-state index contributed by atoms with van der Waals surface area (Å²) in [7, 11) is 3.88. The highest BCUT2D eigenvalue weighted by Gasteiger charge is 2.41. The lowest BCUT2D eigenvalue weighted by atomic mass is 9.82. The average molecular weight is 409 g/mol. The van der Waals surface area contributed by atoms with Gasteiger partial charge in [-0.15, -0.1) is 0 Å². The predicted octanol–water partition coefficient (Wildman–Crippen LogP) is 5.85. The fourth-order valence-corrected chi connectivity index (χ4v) is 4.66. The molecule has 2 heterocycles. The average Bonchev–Trinajstić information content (AvgIpc) is 3.16. The van der Waals surface area contributed by atoms with E-state index >= 15 is 0 Å². The lowest BCUT2D eigenvalue weighted by Gasteiger charge is -2.31. The molecule has 0 saturated carbocycles. The Bertz CT molecular complexity index is 1370. The standard InChI is InChI=1S/C28H26NO2/c1-20-17-26-24(23-13-7-8-14-25(23)31-26)18-21(20)19-28(30-3,22-11-5-4-6-12-22)27-15-9-10-16-29(27)2/h4-18H,19H2,1-3H3/q+1. The van der Waals surface area contributed by atoms with Crippen molar-refractivity contribution in [2.24, 2.45) is 7.05 Å². The molecule has 3 nitrogen and oxygen atoms in total. The van der Waals surface area contributed by atoms with Gasteiger partial charge in [-0.1, -0.05) is 48.5 Å². The van der Waals surface area contributed by atoms with Crippen molar-refractivity contribution in [3.63, 3.8) is 0 Å². The molecular formula is C28H26NO2+. The number of furan rings is 1. The van der Waals surface area contributed by atoms with Gasteiger partial charge < -0.3 is 9.15 Å². The third-order valence-electron chi connectivity index (χ3n) is 6.33. The Labute approximate surface area is 182 Å². The summed E-state index contributed by atoms with van der Waals surface area (Å²) >= 11 is 0. The Morgan fingerprint density at radius 1 is 0.839 bits per heavy atom. The minimum Gasteiger partial charge on any atom is -0.456 e. The van der Waals surface area contributed by atoms with Crippen LogP contribution in [0.2, 0.25) is 0 Å². The molecule has 154 valence electrons. The highest BCUT2D eigenvalue weighted by Crippen LogP contribution is 2.38. The van der Waals surface area contributed by atoms with Crippen LogP contribution in [-0.4, -0.2) is 7.11 Å². The maximum atomic E-state index is 6.39. The minimum absolute atomic E-state index is 0.616. The topological polar surface area (TPSA) is 26.2 Å². The van der Waals surface area contributed by atoms with Crippen molar-refractivity contribution in [2.75, 3.05) is 7.11 Å². The monoisotopic (exact) mass is 408 g/mol. The molecule has 0 fully saturated rings. The van der Waals surface area contributed by atoms with Crippen LogP contribution in [0.4, 0.5) is 0 Å². The third kappa shape index (κ3) is 3.22. The summed E-state index contributed by atoms with van der Waals surface area (Å²) in [6.45, 7) is 2.15. The highest BCUT2D eigenvalue weighted by atomic mass is 16.5. The molecule has 31 heavy (non-hydrogen) atoms. The van der Waals surface area contributed by atoms with E-state index in [1.54, 1.807) is 7.11 Å². The first-order valence-electron chi connectivity index (χ1n) is 10.6. The summed E-state index contributed by atoms with van der Waals surface area (Å²) in [4.78, 5) is 0. The molecule has 3 heteroatoms. The number of ether oxygens (including phenoxy) is 1. The number of benzene rings is 3. The number of rotatable bonds is 5. The van der Waals surface area contributed by atoms with Crippen LogP contribution in [0.5, 0.6) is 0 Å². The van der Waals surface area contributed by atoms with Crippen LogP contribution in [0, 0.1) is 6.92 Å². The van der Waals surface area contributed by atoms with E-state index in [1.807, 2.05) is 24.3 Å². The molecule has 0 spiro atoms. The Balaban J connectivity index is 1.73. The van der Waals surface area contributed by atoms with Gasteiger partial charge in [-0.25, -0.2) is 4.57 Å². The summed E-state index contributed by atoms with van der Waals surface area (Å²) in [5.74, 6) is 0. The van der Waals surface area contributed by atoms with Crippen LogP contribution < -0.4 is 4.57 Å². The number of hydrogen-bond acceptors (Lipinski definition) is 2. The van der Waals surface area contributed by atoms with E-state index < -0.39 is 5.60 Å². The van der Waals surface area contributed by atoms with Gasteiger partial charge in [-0.2, -0.15) is 0 Å². The van der Waals surface area contributed by atoms with E-state index in [1.165, 1.54) is 11.1 Å². The largest absolute Gasteiger partial charge is 0.456 e. The maximum Gasteiger partial charge on any atom is 0.218 e. The number of hydrogen-bond donors (Lipinski definition) is 0. The Morgan fingerprint density at radius 3 is 2.35 bits per heavy atom. The van der Waals surface area contributed by atoms with Crippen LogP contribution in [0.25, 0.3) is 21.9 Å². The van der Waals surface area contributed by atoms with Crippen LogP contribution in [0.15, 0.2) is 95.5 Å². The molecule has 0 amide bonds. The van der Waals surface area contributed by atoms with Crippen molar-refractivity contribution in [1.29, 1.82) is 0 Å². The molecule has 0 radical (unpaired) electrons. The summed E-state index contributed by atoms with van der Waals surface area (Å²) in [5, 5.41) is 2.29. The van der Waals surface area contributed by atoms with E-state index in [-0.39, 0.29) is 0 Å². The number of nitrogens with zero attached hydrogens (tertiary/aromatic N) is 1. The second-order valence-electron chi connectivity index (χ2n) is 8.14. The van der Waals surface area contributed by atoms with E-state index in [2.05, 4.69) is 85.4 Å². The van der Waals surface area contributed by atoms with Crippen molar-refractivity contribution in [3.05, 3.63) is 114 Å². The number of pyridine rings is 1. The van der Waals surface area contributed by atoms with Gasteiger partial charge in [-0.05, 0) is 47.9 Å². The number of aromatic nitrogens is 1. The van der Waals surface area contributed by atoms with Crippen molar-refractivity contribution < 1.29 is 13.7 Å². The zero-order valence-electron chi connectivity index (χ0n) is 18.1. The Hall–Kier alpha value is -3.43. The Kier molecular flexibility index (Phi) is 4.84. The molecule has 0 aliphatic carbocycles. The van der Waals surface area contributed by atoms with Crippen molar-refractivity contribution in [3.8, 4) is 0 Å². The molecule has 0 aliphatic rings. The molecule has 0 saturated heterocycles. The first-order chi connectivity index (χ1) is 15.1. The SMILES string of the molecule is COC(Cc1cc2c(cc1C)oc1ccccc12)(c1ccccc1)c1cccc[n+]1C. The molecule has 0 aliphatic heterocycles. The Morgan fingerprint density at radius 2 is 1.58 bits per heavy atom. The van der Waals surface area contributed by atoms with Gasteiger partial charge in [0, 0.05) is 36.4 Å². The van der Waals surface area contributed by atoms with Gasteiger partial charge in [0.1, 0.15) is 18.2 Å². The minimum atomic E-state index is -0.616. The second kappa shape index (κ2) is 7.68. The number of methoxy groups -OCH3 is 1. The molecule has 1 atom stereocenters. The smallest absolute Gasteiger partial charge is 0.218 e. The van der Waals surface area contributed by atoms with Gasteiger partial charge in [0.2, 0.25) is 5.69 Å². The fraction of sp³-hybridized carbons (Fsp3) is 0.179. The molecule has 5 aromatic rings. The van der Waals surface area contributed by atoms with Crippen molar-refractivity contribution >= 4 is 21.9 Å². The summed E-state index contributed by atoms with van der Waals surface area (Å²) in [6, 6.07) is 29.4. The highest BCUT2D eigenvalue weighted by molar-refractivity contribution is 6.05. The van der Waals surface area contributed by atoms with Gasteiger partial charge in [0.15, 0.2) is 11.8 Å². The normalized spacial score (nSPS) is 13.5. The summed E-state index contributed by atoms with van der Waals surface area (Å²) in [6.07, 6.45) is 2.79. The number of aryl methyl sites for hydroxylation is 2. The van der Waals surface area contributed by atoms with Crippen LogP contribution in [0.3, 0.4) is 0 Å². The predicted molar refractivity (Wildman–Crippen MR) is 124 cm³/mol. The lowest BCUT2D eigenvalue weighted by Crippen LogP contribution is -2.46. The van der Waals surface area contributed by atoms with Gasteiger partial charge in [-0.3, -0.25) is 0 Å². The van der Waals surface area contributed by atoms with Crippen molar-refractivity contribution in [1.82, 2.24) is 0 Å². The molecular weight excluding hydrogens is 382 g/mol. The quantitative estimate of drug-likeness (QED) is 0.341. The zero-order chi connectivity index (χ0) is 21.4. The maximum absolute atomic E-state index is 6.39. The van der Waals surface area contributed by atoms with Gasteiger partial charge in [0.25, 0.3) is 0 Å². The molecule has 1 unspecified atom stereocenters. The van der Waals surface area contributed by atoms with E-state index in [4.69, 9.17) is 9.15 Å².